The third kappa shape index (κ3) is 4.31. The van der Waals surface area contributed by atoms with Gasteiger partial charge in [-0.25, -0.2) is 14.3 Å². The molecule has 0 N–H and O–H groups in total. The lowest BCUT2D eigenvalue weighted by Gasteiger charge is -2.36. The molecule has 1 saturated heterocycles. The van der Waals surface area contributed by atoms with Crippen LogP contribution < -0.4 is 4.90 Å². The van der Waals surface area contributed by atoms with Crippen molar-refractivity contribution in [2.24, 2.45) is 0 Å². The summed E-state index contributed by atoms with van der Waals surface area (Å²) in [6.07, 6.45) is 5.06. The minimum Gasteiger partial charge on any atom is -0.444 e. The first kappa shape index (κ1) is 20.7. The van der Waals surface area contributed by atoms with Gasteiger partial charge in [-0.1, -0.05) is 0 Å². The number of carbonyl (C=O) groups is 1. The SMILES string of the molecule is Cc1cc(-c2ccc(N3CCN(C(=O)OC(C)(C)C)CC3)nc2)c2c(C#N)cnn2c1. The summed E-state index contributed by atoms with van der Waals surface area (Å²) in [7, 11) is 0. The number of anilines is 1. The molecule has 1 fully saturated rings. The molecule has 0 unspecified atom stereocenters. The standard InChI is InChI=1S/C23H26N6O2/c1-16-11-19(21-18(12-24)14-26-29(21)15-16)17-5-6-20(25-13-17)27-7-9-28(10-8-27)22(30)31-23(2,3)4/h5-6,11,13-15H,7-10H2,1-4H3. The van der Waals surface area contributed by atoms with Crippen LogP contribution in [-0.2, 0) is 4.74 Å². The predicted molar refractivity (Wildman–Crippen MR) is 118 cm³/mol. The molecule has 1 amide bonds. The van der Waals surface area contributed by atoms with Crippen LogP contribution >= 0.6 is 0 Å². The average Bonchev–Trinajstić information content (AvgIpc) is 3.15. The van der Waals surface area contributed by atoms with Crippen molar-refractivity contribution in [2.45, 2.75) is 33.3 Å². The van der Waals surface area contributed by atoms with Gasteiger partial charge in [-0.2, -0.15) is 10.4 Å². The van der Waals surface area contributed by atoms with Crippen LogP contribution in [0.5, 0.6) is 0 Å². The van der Waals surface area contributed by atoms with E-state index in [0.29, 0.717) is 31.7 Å². The largest absolute Gasteiger partial charge is 0.444 e. The van der Waals surface area contributed by atoms with E-state index in [2.05, 4.69) is 21.1 Å². The Morgan fingerprint density at radius 3 is 2.52 bits per heavy atom. The van der Waals surface area contributed by atoms with Crippen molar-refractivity contribution in [3.05, 3.63) is 47.9 Å². The third-order valence-electron chi connectivity index (χ3n) is 5.18. The molecule has 3 aromatic heterocycles. The molecule has 0 aromatic carbocycles. The normalized spacial score (nSPS) is 14.5. The second-order valence-corrected chi connectivity index (χ2v) is 8.75. The van der Waals surface area contributed by atoms with E-state index in [1.807, 2.05) is 58.3 Å². The van der Waals surface area contributed by atoms with Crippen molar-refractivity contribution in [1.82, 2.24) is 19.5 Å². The number of carbonyl (C=O) groups excluding carboxylic acids is 1. The molecule has 1 aliphatic heterocycles. The Hall–Kier alpha value is -3.60. The quantitative estimate of drug-likeness (QED) is 0.632. The molecule has 31 heavy (non-hydrogen) atoms. The highest BCUT2D eigenvalue weighted by Gasteiger charge is 2.26. The highest BCUT2D eigenvalue weighted by atomic mass is 16.6. The lowest BCUT2D eigenvalue weighted by molar-refractivity contribution is 0.0240. The van der Waals surface area contributed by atoms with Crippen molar-refractivity contribution < 1.29 is 9.53 Å². The highest BCUT2D eigenvalue weighted by molar-refractivity contribution is 5.84. The summed E-state index contributed by atoms with van der Waals surface area (Å²) in [4.78, 5) is 20.8. The summed E-state index contributed by atoms with van der Waals surface area (Å²) in [5, 5.41) is 13.7. The fraction of sp³-hybridized carbons (Fsp3) is 0.391. The number of nitrogens with zero attached hydrogens (tertiary/aromatic N) is 6. The third-order valence-corrected chi connectivity index (χ3v) is 5.18. The van der Waals surface area contributed by atoms with E-state index in [0.717, 1.165) is 28.0 Å². The Morgan fingerprint density at radius 2 is 1.90 bits per heavy atom. The Balaban J connectivity index is 1.50. The molecule has 4 heterocycles. The Bertz CT molecular complexity index is 1150. The number of rotatable bonds is 2. The summed E-state index contributed by atoms with van der Waals surface area (Å²) >= 11 is 0. The van der Waals surface area contributed by atoms with E-state index >= 15 is 0 Å². The molecule has 160 valence electrons. The molecule has 0 spiro atoms. The van der Waals surface area contributed by atoms with Crippen molar-refractivity contribution in [2.75, 3.05) is 31.1 Å². The van der Waals surface area contributed by atoms with Gasteiger partial charge in [0.1, 0.15) is 17.5 Å². The average molecular weight is 419 g/mol. The van der Waals surface area contributed by atoms with E-state index in [4.69, 9.17) is 4.74 Å². The lowest BCUT2D eigenvalue weighted by atomic mass is 10.0. The molecular formula is C23H26N6O2. The van der Waals surface area contributed by atoms with Gasteiger partial charge >= 0.3 is 6.09 Å². The van der Waals surface area contributed by atoms with Crippen LogP contribution in [0.25, 0.3) is 16.6 Å². The van der Waals surface area contributed by atoms with Gasteiger partial charge in [0, 0.05) is 49.7 Å². The van der Waals surface area contributed by atoms with Crippen LogP contribution in [0.4, 0.5) is 10.6 Å². The van der Waals surface area contributed by atoms with Gasteiger partial charge in [0.15, 0.2) is 0 Å². The monoisotopic (exact) mass is 418 g/mol. The van der Waals surface area contributed by atoms with Crippen molar-refractivity contribution in [3.8, 4) is 17.2 Å². The first-order valence-electron chi connectivity index (χ1n) is 10.3. The number of amides is 1. The van der Waals surface area contributed by atoms with Crippen LogP contribution in [0.2, 0.25) is 0 Å². The van der Waals surface area contributed by atoms with Gasteiger partial charge < -0.3 is 14.5 Å². The van der Waals surface area contributed by atoms with Crippen molar-refractivity contribution in [1.29, 1.82) is 5.26 Å². The fourth-order valence-electron chi connectivity index (χ4n) is 3.73. The lowest BCUT2D eigenvalue weighted by Crippen LogP contribution is -2.50. The summed E-state index contributed by atoms with van der Waals surface area (Å²) < 4.78 is 7.21. The molecule has 0 radical (unpaired) electrons. The first-order chi connectivity index (χ1) is 14.7. The summed E-state index contributed by atoms with van der Waals surface area (Å²) in [5.74, 6) is 0.866. The second-order valence-electron chi connectivity index (χ2n) is 8.75. The van der Waals surface area contributed by atoms with E-state index in [-0.39, 0.29) is 6.09 Å². The molecule has 4 rings (SSSR count). The zero-order chi connectivity index (χ0) is 22.2. The zero-order valence-electron chi connectivity index (χ0n) is 18.3. The number of nitriles is 1. The number of hydrogen-bond acceptors (Lipinski definition) is 6. The van der Waals surface area contributed by atoms with E-state index in [9.17, 15) is 10.1 Å². The van der Waals surface area contributed by atoms with Crippen LogP contribution in [0.15, 0.2) is 36.8 Å². The number of aryl methyl sites for hydroxylation is 1. The van der Waals surface area contributed by atoms with Gasteiger partial charge in [-0.15, -0.1) is 0 Å². The number of ether oxygens (including phenoxy) is 1. The minimum absolute atomic E-state index is 0.270. The first-order valence-corrected chi connectivity index (χ1v) is 10.3. The maximum Gasteiger partial charge on any atom is 0.410 e. The minimum atomic E-state index is -0.492. The molecular weight excluding hydrogens is 392 g/mol. The smallest absolute Gasteiger partial charge is 0.410 e. The Morgan fingerprint density at radius 1 is 1.16 bits per heavy atom. The second kappa shape index (κ2) is 7.91. The van der Waals surface area contributed by atoms with Crippen molar-refractivity contribution in [3.63, 3.8) is 0 Å². The Kier molecular flexibility index (Phi) is 5.27. The predicted octanol–water partition coefficient (Wildman–Crippen LogP) is 3.63. The molecule has 8 heteroatoms. The molecule has 0 aliphatic carbocycles. The summed E-state index contributed by atoms with van der Waals surface area (Å²) in [6.45, 7) is 10.2. The molecule has 8 nitrogen and oxygen atoms in total. The molecule has 1 aliphatic rings. The van der Waals surface area contributed by atoms with Crippen LogP contribution in [0, 0.1) is 18.3 Å². The van der Waals surface area contributed by atoms with Crippen LogP contribution in [0.3, 0.4) is 0 Å². The van der Waals surface area contributed by atoms with E-state index in [1.54, 1.807) is 15.6 Å². The van der Waals surface area contributed by atoms with Gasteiger partial charge in [-0.3, -0.25) is 0 Å². The topological polar surface area (TPSA) is 86.8 Å². The summed E-state index contributed by atoms with van der Waals surface area (Å²) in [5.41, 5.74) is 3.75. The zero-order valence-corrected chi connectivity index (χ0v) is 18.3. The molecule has 0 saturated carbocycles. The number of piperazine rings is 1. The maximum absolute atomic E-state index is 12.3. The van der Waals surface area contributed by atoms with Crippen molar-refractivity contribution >= 4 is 17.4 Å². The van der Waals surface area contributed by atoms with Crippen LogP contribution in [0.1, 0.15) is 31.9 Å². The summed E-state index contributed by atoms with van der Waals surface area (Å²) in [6, 6.07) is 8.27. The number of fused-ring (bicyclic) bond motifs is 1. The number of aromatic nitrogens is 3. The van der Waals surface area contributed by atoms with E-state index < -0.39 is 5.60 Å². The van der Waals surface area contributed by atoms with Gasteiger partial charge in [0.25, 0.3) is 0 Å². The number of pyridine rings is 2. The number of hydrogen-bond donors (Lipinski definition) is 0. The van der Waals surface area contributed by atoms with Gasteiger partial charge in [0.05, 0.1) is 17.3 Å². The maximum atomic E-state index is 12.3. The molecule has 3 aromatic rings. The van der Waals surface area contributed by atoms with Gasteiger partial charge in [0.2, 0.25) is 0 Å². The van der Waals surface area contributed by atoms with E-state index in [1.165, 1.54) is 0 Å². The van der Waals surface area contributed by atoms with Crippen LogP contribution in [-0.4, -0.2) is 57.4 Å². The fourth-order valence-corrected chi connectivity index (χ4v) is 3.73. The molecule has 0 atom stereocenters. The Labute approximate surface area is 181 Å². The molecule has 0 bridgehead atoms. The van der Waals surface area contributed by atoms with Gasteiger partial charge in [-0.05, 0) is 51.5 Å². The highest BCUT2D eigenvalue weighted by Crippen LogP contribution is 2.29.